The molecular weight excluding hydrogens is 154 g/mol. The lowest BCUT2D eigenvalue weighted by Crippen LogP contribution is -2.01. The molecule has 0 aromatic rings. The molecule has 1 fully saturated rings. The second kappa shape index (κ2) is 1.93. The van der Waals surface area contributed by atoms with E-state index < -0.39 is 29.6 Å². The van der Waals surface area contributed by atoms with Gasteiger partial charge in [0, 0.05) is 11.3 Å². The minimum absolute atomic E-state index is 0.431. The van der Waals surface area contributed by atoms with Gasteiger partial charge >= 0.3 is 5.97 Å². The Morgan fingerprint density at radius 2 is 1.91 bits per heavy atom. The fourth-order valence-corrected chi connectivity index (χ4v) is 1.32. The molecule has 2 nitrogen and oxygen atoms in total. The van der Waals surface area contributed by atoms with E-state index in [1.165, 1.54) is 13.8 Å². The van der Waals surface area contributed by atoms with Crippen molar-refractivity contribution in [3.05, 3.63) is 0 Å². The third-order valence-electron chi connectivity index (χ3n) is 2.46. The van der Waals surface area contributed by atoms with Gasteiger partial charge < -0.3 is 5.11 Å². The summed E-state index contributed by atoms with van der Waals surface area (Å²) >= 11 is 0. The third-order valence-corrected chi connectivity index (χ3v) is 2.46. The largest absolute Gasteiger partial charge is 0.481 e. The molecule has 1 atom stereocenters. The summed E-state index contributed by atoms with van der Waals surface area (Å²) in [5, 5.41) is 8.25. The van der Waals surface area contributed by atoms with Crippen LogP contribution in [-0.2, 0) is 4.79 Å². The summed E-state index contributed by atoms with van der Waals surface area (Å²) in [5.74, 6) is -4.92. The Bertz CT molecular complexity index is 185. The number of hydrogen-bond donors (Lipinski definition) is 1. The van der Waals surface area contributed by atoms with Crippen LogP contribution in [0.4, 0.5) is 8.78 Å². The van der Waals surface area contributed by atoms with Gasteiger partial charge in [0.1, 0.15) is 0 Å². The molecule has 1 rings (SSSR count). The van der Waals surface area contributed by atoms with Crippen molar-refractivity contribution in [2.24, 2.45) is 11.3 Å². The number of carboxylic acids is 1. The molecule has 0 aromatic heterocycles. The molecule has 0 aromatic carbocycles. The number of hydrogen-bond acceptors (Lipinski definition) is 1. The first-order chi connectivity index (χ1) is 4.80. The van der Waals surface area contributed by atoms with Gasteiger partial charge in [-0.25, -0.2) is 8.78 Å². The molecule has 11 heavy (non-hydrogen) atoms. The van der Waals surface area contributed by atoms with Crippen molar-refractivity contribution in [1.82, 2.24) is 0 Å². The Morgan fingerprint density at radius 3 is 2.00 bits per heavy atom. The first-order valence-corrected chi connectivity index (χ1v) is 3.39. The van der Waals surface area contributed by atoms with Gasteiger partial charge in [0.25, 0.3) is 5.92 Å². The molecule has 1 aliphatic carbocycles. The Balaban J connectivity index is 2.61. The van der Waals surface area contributed by atoms with Crippen LogP contribution in [0.5, 0.6) is 0 Å². The van der Waals surface area contributed by atoms with E-state index >= 15 is 0 Å². The molecule has 0 saturated heterocycles. The molecule has 1 unspecified atom stereocenters. The predicted molar refractivity (Wildman–Crippen MR) is 34.5 cm³/mol. The van der Waals surface area contributed by atoms with Crippen molar-refractivity contribution >= 4 is 5.97 Å². The van der Waals surface area contributed by atoms with Crippen molar-refractivity contribution < 1.29 is 18.7 Å². The maximum atomic E-state index is 12.7. The Labute approximate surface area is 63.2 Å². The van der Waals surface area contributed by atoms with E-state index in [1.54, 1.807) is 0 Å². The number of alkyl halides is 2. The van der Waals surface area contributed by atoms with Crippen LogP contribution in [0, 0.1) is 11.3 Å². The summed E-state index contributed by atoms with van der Waals surface area (Å²) in [5.41, 5.74) is -1.12. The maximum Gasteiger partial charge on any atom is 0.303 e. The zero-order valence-corrected chi connectivity index (χ0v) is 6.40. The maximum absolute atomic E-state index is 12.7. The smallest absolute Gasteiger partial charge is 0.303 e. The molecule has 1 aliphatic rings. The van der Waals surface area contributed by atoms with E-state index in [9.17, 15) is 13.6 Å². The average molecular weight is 164 g/mol. The number of halogens is 2. The minimum atomic E-state index is -2.79. The summed E-state index contributed by atoms with van der Waals surface area (Å²) < 4.78 is 25.3. The highest BCUT2D eigenvalue weighted by molar-refractivity contribution is 5.68. The molecule has 1 saturated carbocycles. The van der Waals surface area contributed by atoms with E-state index in [2.05, 4.69) is 0 Å². The van der Waals surface area contributed by atoms with E-state index in [4.69, 9.17) is 5.11 Å². The molecule has 0 bridgehead atoms. The molecule has 0 heterocycles. The van der Waals surface area contributed by atoms with Gasteiger partial charge in [-0.2, -0.15) is 0 Å². The van der Waals surface area contributed by atoms with Crippen LogP contribution in [0.3, 0.4) is 0 Å². The van der Waals surface area contributed by atoms with E-state index in [0.29, 0.717) is 0 Å². The zero-order valence-electron chi connectivity index (χ0n) is 6.40. The first kappa shape index (κ1) is 8.43. The minimum Gasteiger partial charge on any atom is -0.481 e. The third kappa shape index (κ3) is 1.01. The lowest BCUT2D eigenvalue weighted by atomic mass is 10.1. The van der Waals surface area contributed by atoms with Crippen LogP contribution in [-0.4, -0.2) is 17.0 Å². The summed E-state index contributed by atoms with van der Waals surface area (Å²) in [6, 6.07) is 0. The van der Waals surface area contributed by atoms with Gasteiger partial charge in [-0.1, -0.05) is 13.8 Å². The van der Waals surface area contributed by atoms with Crippen LogP contribution >= 0.6 is 0 Å². The normalized spacial score (nSPS) is 31.5. The number of rotatable bonds is 2. The molecule has 0 radical (unpaired) electrons. The second-order valence-electron chi connectivity index (χ2n) is 3.50. The Kier molecular flexibility index (Phi) is 1.48. The van der Waals surface area contributed by atoms with Crippen molar-refractivity contribution in [3.8, 4) is 0 Å². The first-order valence-electron chi connectivity index (χ1n) is 3.39. The fourth-order valence-electron chi connectivity index (χ4n) is 1.32. The van der Waals surface area contributed by atoms with Crippen LogP contribution < -0.4 is 0 Å². The molecule has 64 valence electrons. The highest BCUT2D eigenvalue weighted by Gasteiger charge is 2.74. The zero-order chi connectivity index (χ0) is 8.86. The highest BCUT2D eigenvalue weighted by atomic mass is 19.3. The molecule has 0 spiro atoms. The van der Waals surface area contributed by atoms with Crippen LogP contribution in [0.1, 0.15) is 20.3 Å². The van der Waals surface area contributed by atoms with Gasteiger partial charge in [-0.3, -0.25) is 4.79 Å². The highest BCUT2D eigenvalue weighted by Crippen LogP contribution is 2.66. The molecular formula is C7H10F2O2. The Hall–Kier alpha value is -0.670. The van der Waals surface area contributed by atoms with Gasteiger partial charge in [-0.05, 0) is 0 Å². The monoisotopic (exact) mass is 164 g/mol. The Morgan fingerprint density at radius 1 is 1.55 bits per heavy atom. The fraction of sp³-hybridized carbons (Fsp3) is 0.857. The number of carbonyl (C=O) groups is 1. The van der Waals surface area contributed by atoms with Crippen molar-refractivity contribution in [2.75, 3.05) is 0 Å². The van der Waals surface area contributed by atoms with E-state index in [0.717, 1.165) is 0 Å². The second-order valence-corrected chi connectivity index (χ2v) is 3.50. The van der Waals surface area contributed by atoms with Gasteiger partial charge in [-0.15, -0.1) is 0 Å². The average Bonchev–Trinajstić information content (AvgIpc) is 2.11. The topological polar surface area (TPSA) is 37.3 Å². The number of carboxylic acid groups (broad SMARTS) is 1. The molecule has 4 heteroatoms. The SMILES string of the molecule is CC1(C)C(CC(=O)O)C1(F)F. The van der Waals surface area contributed by atoms with E-state index in [-0.39, 0.29) is 0 Å². The standard InChI is InChI=1S/C7H10F2O2/c1-6(2)4(3-5(10)11)7(6,8)9/h4H,3H2,1-2H3,(H,10,11). The molecule has 1 N–H and O–H groups in total. The van der Waals surface area contributed by atoms with Crippen molar-refractivity contribution in [3.63, 3.8) is 0 Å². The van der Waals surface area contributed by atoms with E-state index in [1.807, 2.05) is 0 Å². The van der Waals surface area contributed by atoms with Crippen LogP contribution in [0.15, 0.2) is 0 Å². The van der Waals surface area contributed by atoms with Gasteiger partial charge in [0.05, 0.1) is 6.42 Å². The molecule has 0 amide bonds. The van der Waals surface area contributed by atoms with Gasteiger partial charge in [0.2, 0.25) is 0 Å². The van der Waals surface area contributed by atoms with Crippen LogP contribution in [0.25, 0.3) is 0 Å². The lowest BCUT2D eigenvalue weighted by molar-refractivity contribution is -0.138. The van der Waals surface area contributed by atoms with Gasteiger partial charge in [0.15, 0.2) is 0 Å². The van der Waals surface area contributed by atoms with Crippen LogP contribution in [0.2, 0.25) is 0 Å². The quantitative estimate of drug-likeness (QED) is 0.675. The lowest BCUT2D eigenvalue weighted by Gasteiger charge is -1.96. The summed E-state index contributed by atoms with van der Waals surface area (Å²) in [6.07, 6.45) is -0.431. The summed E-state index contributed by atoms with van der Waals surface area (Å²) in [7, 11) is 0. The molecule has 0 aliphatic heterocycles. The van der Waals surface area contributed by atoms with Crippen molar-refractivity contribution in [2.45, 2.75) is 26.2 Å². The summed E-state index contributed by atoms with van der Waals surface area (Å²) in [4.78, 5) is 10.1. The predicted octanol–water partition coefficient (Wildman–Crippen LogP) is 1.75. The number of aliphatic carboxylic acids is 1. The summed E-state index contributed by atoms with van der Waals surface area (Å²) in [6.45, 7) is 2.78. The van der Waals surface area contributed by atoms with Crippen molar-refractivity contribution in [1.29, 1.82) is 0 Å².